The van der Waals surface area contributed by atoms with Gasteiger partial charge in [-0.15, -0.1) is 0 Å². The summed E-state index contributed by atoms with van der Waals surface area (Å²) >= 11 is 4.24. The molecular weight excluding hydrogens is 334 g/mol. The maximum atomic E-state index is 11.3. The van der Waals surface area contributed by atoms with E-state index in [0.717, 1.165) is 11.8 Å². The van der Waals surface area contributed by atoms with Crippen LogP contribution in [0.4, 0.5) is 5.69 Å². The molecule has 0 spiro atoms. The molecule has 19 heavy (non-hydrogen) atoms. The second-order valence-corrected chi connectivity index (χ2v) is 5.61. The molecule has 0 saturated carbocycles. The number of hydrogen-bond acceptors (Lipinski definition) is 5. The van der Waals surface area contributed by atoms with Crippen LogP contribution >= 0.6 is 27.7 Å². The van der Waals surface area contributed by atoms with E-state index >= 15 is 0 Å². The van der Waals surface area contributed by atoms with Crippen molar-refractivity contribution in [3.8, 4) is 0 Å². The zero-order chi connectivity index (χ0) is 14.0. The highest BCUT2D eigenvalue weighted by molar-refractivity contribution is 9.10. The fraction of sp³-hybridized carbons (Fsp3) is 0.0909. The van der Waals surface area contributed by atoms with E-state index in [2.05, 4.69) is 25.9 Å². The number of halogens is 1. The molecule has 0 saturated heterocycles. The van der Waals surface area contributed by atoms with Crippen molar-refractivity contribution in [2.45, 2.75) is 17.0 Å². The first-order valence-electron chi connectivity index (χ1n) is 5.15. The molecule has 0 bridgehead atoms. The maximum absolute atomic E-state index is 11.3. The smallest absolute Gasteiger partial charge is 0.284 e. The lowest BCUT2D eigenvalue weighted by molar-refractivity contribution is -0.387. The van der Waals surface area contributed by atoms with Gasteiger partial charge in [-0.05, 0) is 30.8 Å². The molecular formula is C11H8BrN3O3S. The van der Waals surface area contributed by atoms with E-state index in [0.29, 0.717) is 20.2 Å². The molecule has 98 valence electrons. The van der Waals surface area contributed by atoms with Crippen molar-refractivity contribution < 1.29 is 4.92 Å². The summed E-state index contributed by atoms with van der Waals surface area (Å²) in [7, 11) is 0. The largest absolute Gasteiger partial charge is 0.301 e. The van der Waals surface area contributed by atoms with E-state index in [-0.39, 0.29) is 11.2 Å². The van der Waals surface area contributed by atoms with Gasteiger partial charge in [0.15, 0.2) is 5.16 Å². The third kappa shape index (κ3) is 3.42. The molecule has 0 aliphatic carbocycles. The molecule has 0 aliphatic rings. The van der Waals surface area contributed by atoms with Crippen molar-refractivity contribution in [3.05, 3.63) is 54.9 Å². The molecule has 1 aromatic heterocycles. The van der Waals surface area contributed by atoms with Gasteiger partial charge in [0.1, 0.15) is 0 Å². The lowest BCUT2D eigenvalue weighted by Crippen LogP contribution is -2.08. The number of aromatic amines is 1. The number of nitro groups is 1. The minimum Gasteiger partial charge on any atom is -0.301 e. The van der Waals surface area contributed by atoms with Crippen molar-refractivity contribution in [1.82, 2.24) is 9.97 Å². The predicted octanol–water partition coefficient (Wildman–Crippen LogP) is 2.90. The first-order chi connectivity index (χ1) is 8.95. The van der Waals surface area contributed by atoms with E-state index in [4.69, 9.17) is 0 Å². The molecule has 0 radical (unpaired) electrons. The van der Waals surface area contributed by atoms with Gasteiger partial charge in [-0.25, -0.2) is 4.98 Å². The number of rotatable bonds is 3. The Kier molecular flexibility index (Phi) is 4.01. The number of aryl methyl sites for hydroxylation is 1. The van der Waals surface area contributed by atoms with Gasteiger partial charge in [-0.1, -0.05) is 15.9 Å². The molecule has 0 aliphatic heterocycles. The Balaban J connectivity index is 2.43. The third-order valence-electron chi connectivity index (χ3n) is 2.17. The van der Waals surface area contributed by atoms with Gasteiger partial charge in [-0.3, -0.25) is 14.9 Å². The van der Waals surface area contributed by atoms with Crippen LogP contribution in [0.5, 0.6) is 0 Å². The Bertz CT molecular complexity index is 702. The normalized spacial score (nSPS) is 10.4. The molecule has 0 fully saturated rings. The summed E-state index contributed by atoms with van der Waals surface area (Å²) in [6, 6.07) is 6.08. The van der Waals surface area contributed by atoms with Gasteiger partial charge in [0, 0.05) is 22.3 Å². The van der Waals surface area contributed by atoms with E-state index < -0.39 is 4.92 Å². The second-order valence-electron chi connectivity index (χ2n) is 3.66. The molecule has 2 aromatic rings. The van der Waals surface area contributed by atoms with Crippen LogP contribution in [0.1, 0.15) is 5.69 Å². The standard InChI is InChI=1S/C11H8BrN3O3S/c1-6-4-10(16)14-11(13-6)19-9-3-2-7(12)5-8(9)15(17)18/h2-5H,1H3,(H,13,14,16). The fourth-order valence-corrected chi connectivity index (χ4v) is 2.70. The predicted molar refractivity (Wildman–Crippen MR) is 74.5 cm³/mol. The van der Waals surface area contributed by atoms with Gasteiger partial charge >= 0.3 is 0 Å². The highest BCUT2D eigenvalue weighted by atomic mass is 79.9. The zero-order valence-electron chi connectivity index (χ0n) is 9.71. The summed E-state index contributed by atoms with van der Waals surface area (Å²) in [6.45, 7) is 1.69. The van der Waals surface area contributed by atoms with Crippen LogP contribution in [-0.4, -0.2) is 14.9 Å². The quantitative estimate of drug-likeness (QED) is 0.526. The molecule has 2 rings (SSSR count). The van der Waals surface area contributed by atoms with Crippen LogP contribution in [0.2, 0.25) is 0 Å². The van der Waals surface area contributed by atoms with E-state index in [1.165, 1.54) is 12.1 Å². The second kappa shape index (κ2) is 5.54. The van der Waals surface area contributed by atoms with Gasteiger partial charge in [0.05, 0.1) is 9.82 Å². The highest BCUT2D eigenvalue weighted by Crippen LogP contribution is 2.34. The molecule has 1 heterocycles. The Labute approximate surface area is 120 Å². The van der Waals surface area contributed by atoms with Crippen molar-refractivity contribution >= 4 is 33.4 Å². The number of nitrogens with zero attached hydrogens (tertiary/aromatic N) is 2. The van der Waals surface area contributed by atoms with Crippen LogP contribution in [0.25, 0.3) is 0 Å². The van der Waals surface area contributed by atoms with E-state index in [1.807, 2.05) is 0 Å². The van der Waals surface area contributed by atoms with E-state index in [9.17, 15) is 14.9 Å². The molecule has 0 atom stereocenters. The molecule has 8 heteroatoms. The van der Waals surface area contributed by atoms with Crippen LogP contribution in [0.3, 0.4) is 0 Å². The summed E-state index contributed by atoms with van der Waals surface area (Å²) < 4.78 is 0.620. The molecule has 1 N–H and O–H groups in total. The number of benzene rings is 1. The van der Waals surface area contributed by atoms with Crippen molar-refractivity contribution in [2.24, 2.45) is 0 Å². The number of hydrogen-bond donors (Lipinski definition) is 1. The fourth-order valence-electron chi connectivity index (χ4n) is 1.42. The van der Waals surface area contributed by atoms with E-state index in [1.54, 1.807) is 19.1 Å². The van der Waals surface area contributed by atoms with Crippen LogP contribution < -0.4 is 5.56 Å². The van der Waals surface area contributed by atoms with Crippen molar-refractivity contribution in [3.63, 3.8) is 0 Å². The maximum Gasteiger partial charge on any atom is 0.284 e. The lowest BCUT2D eigenvalue weighted by Gasteiger charge is -2.03. The zero-order valence-corrected chi connectivity index (χ0v) is 12.1. The van der Waals surface area contributed by atoms with Gasteiger partial charge in [0.2, 0.25) is 0 Å². The van der Waals surface area contributed by atoms with Gasteiger partial charge in [0.25, 0.3) is 11.2 Å². The number of aromatic nitrogens is 2. The first kappa shape index (κ1) is 13.8. The minimum atomic E-state index is -0.471. The van der Waals surface area contributed by atoms with Gasteiger partial charge in [-0.2, -0.15) is 0 Å². The summed E-state index contributed by atoms with van der Waals surface area (Å²) in [4.78, 5) is 28.9. The van der Waals surface area contributed by atoms with Crippen LogP contribution in [0, 0.1) is 17.0 Å². The number of nitrogens with one attached hydrogen (secondary N) is 1. The minimum absolute atomic E-state index is 0.0384. The lowest BCUT2D eigenvalue weighted by atomic mass is 10.3. The molecule has 1 aromatic carbocycles. The molecule has 0 unspecified atom stereocenters. The van der Waals surface area contributed by atoms with Crippen LogP contribution in [-0.2, 0) is 0 Å². The van der Waals surface area contributed by atoms with Crippen molar-refractivity contribution in [2.75, 3.05) is 0 Å². The Morgan fingerprint density at radius 2 is 2.16 bits per heavy atom. The topological polar surface area (TPSA) is 88.9 Å². The Morgan fingerprint density at radius 1 is 1.42 bits per heavy atom. The molecule has 6 nitrogen and oxygen atoms in total. The number of H-pyrrole nitrogens is 1. The summed E-state index contributed by atoms with van der Waals surface area (Å²) in [5, 5.41) is 11.3. The summed E-state index contributed by atoms with van der Waals surface area (Å²) in [6.07, 6.45) is 0. The first-order valence-corrected chi connectivity index (χ1v) is 6.76. The van der Waals surface area contributed by atoms with Crippen molar-refractivity contribution in [1.29, 1.82) is 0 Å². The third-order valence-corrected chi connectivity index (χ3v) is 3.62. The average molecular weight is 342 g/mol. The SMILES string of the molecule is Cc1cc(=O)[nH]c(Sc2ccc(Br)cc2[N+](=O)[O-])n1. The molecule has 0 amide bonds. The average Bonchev–Trinajstić information content (AvgIpc) is 2.30. The van der Waals surface area contributed by atoms with Crippen LogP contribution in [0.15, 0.2) is 43.6 Å². The Hall–Kier alpha value is -1.67. The number of nitro benzene ring substituents is 1. The monoisotopic (exact) mass is 341 g/mol. The highest BCUT2D eigenvalue weighted by Gasteiger charge is 2.16. The summed E-state index contributed by atoms with van der Waals surface area (Å²) in [5.41, 5.74) is 0.240. The Morgan fingerprint density at radius 3 is 2.79 bits per heavy atom. The van der Waals surface area contributed by atoms with Gasteiger partial charge < -0.3 is 4.98 Å². The summed E-state index contributed by atoms with van der Waals surface area (Å²) in [5.74, 6) is 0.